The molecule has 3 rings (SSSR count). The molecule has 2 aliphatic heterocycles. The van der Waals surface area contributed by atoms with Gasteiger partial charge in [-0.15, -0.1) is 0 Å². The summed E-state index contributed by atoms with van der Waals surface area (Å²) in [6.07, 6.45) is 3.39. The van der Waals surface area contributed by atoms with Gasteiger partial charge in [0.1, 0.15) is 17.6 Å². The van der Waals surface area contributed by atoms with Gasteiger partial charge < -0.3 is 19.1 Å². The number of carbonyl (C=O) groups excluding carboxylic acids is 2. The fourth-order valence-electron chi connectivity index (χ4n) is 3.94. The summed E-state index contributed by atoms with van der Waals surface area (Å²) in [4.78, 5) is 26.7. The van der Waals surface area contributed by atoms with Gasteiger partial charge in [-0.1, -0.05) is 6.42 Å². The number of hydrogen-bond acceptors (Lipinski definition) is 5. The lowest BCUT2D eigenvalue weighted by Gasteiger charge is -2.30. The minimum Gasteiger partial charge on any atom is -0.484 e. The van der Waals surface area contributed by atoms with Crippen LogP contribution in [0.2, 0.25) is 0 Å². The maximum Gasteiger partial charge on any atom is 0.528 e. The third-order valence-electron chi connectivity index (χ3n) is 5.02. The molecule has 1 fully saturated rings. The van der Waals surface area contributed by atoms with Crippen LogP contribution in [-0.4, -0.2) is 42.3 Å². The molecule has 0 N–H and O–H groups in total. The molecule has 1 saturated heterocycles. The van der Waals surface area contributed by atoms with Gasteiger partial charge in [0, 0.05) is 6.54 Å². The molecular formula is C21H20F3NO5. The first-order valence-electron chi connectivity index (χ1n) is 9.33. The third-order valence-corrected chi connectivity index (χ3v) is 5.02. The Morgan fingerprint density at radius 3 is 2.53 bits per heavy atom. The first kappa shape index (κ1) is 21.6. The molecule has 1 atom stereocenters. The van der Waals surface area contributed by atoms with Crippen molar-refractivity contribution in [2.45, 2.75) is 45.3 Å². The molecule has 1 amide bonds. The fourth-order valence-corrected chi connectivity index (χ4v) is 3.94. The molecule has 0 spiro atoms. The molecule has 0 radical (unpaired) electrons. The van der Waals surface area contributed by atoms with E-state index in [-0.39, 0.29) is 23.0 Å². The van der Waals surface area contributed by atoms with E-state index in [1.54, 1.807) is 24.9 Å². The zero-order chi connectivity index (χ0) is 22.1. The maximum atomic E-state index is 13.2. The number of fused-ring (bicyclic) bond motifs is 1. The van der Waals surface area contributed by atoms with Gasteiger partial charge >= 0.3 is 12.3 Å². The predicted molar refractivity (Wildman–Crippen MR) is 100 cm³/mol. The highest BCUT2D eigenvalue weighted by Crippen LogP contribution is 2.41. The number of rotatable bonds is 4. The monoisotopic (exact) mass is 423 g/mol. The smallest absolute Gasteiger partial charge is 0.484 e. The minimum absolute atomic E-state index is 0.0315. The van der Waals surface area contributed by atoms with Crippen molar-refractivity contribution in [1.29, 1.82) is 0 Å². The van der Waals surface area contributed by atoms with Gasteiger partial charge in [0.05, 0.1) is 11.6 Å². The number of amides is 1. The van der Waals surface area contributed by atoms with E-state index in [9.17, 15) is 22.8 Å². The van der Waals surface area contributed by atoms with E-state index in [2.05, 4.69) is 4.74 Å². The molecule has 6 nitrogen and oxygen atoms in total. The molecular weight excluding hydrogens is 403 g/mol. The van der Waals surface area contributed by atoms with E-state index in [1.807, 2.05) is 0 Å². The Bertz CT molecular complexity index is 922. The summed E-state index contributed by atoms with van der Waals surface area (Å²) in [5, 5.41) is 0. The summed E-state index contributed by atoms with van der Waals surface area (Å²) in [5.74, 6) is -0.127. The van der Waals surface area contributed by atoms with Gasteiger partial charge in [0.15, 0.2) is 6.61 Å². The number of hydrogen-bond donors (Lipinski definition) is 0. The lowest BCUT2D eigenvalue weighted by atomic mass is 9.94. The molecule has 0 aliphatic carbocycles. The van der Waals surface area contributed by atoms with Gasteiger partial charge in [-0.25, -0.2) is 4.79 Å². The first-order valence-corrected chi connectivity index (χ1v) is 9.33. The van der Waals surface area contributed by atoms with Crippen molar-refractivity contribution < 1.29 is 37.0 Å². The molecule has 30 heavy (non-hydrogen) atoms. The van der Waals surface area contributed by atoms with Crippen molar-refractivity contribution in [2.75, 3.05) is 13.2 Å². The average Bonchev–Trinajstić information content (AvgIpc) is 2.92. The lowest BCUT2D eigenvalue weighted by molar-refractivity contribution is -0.153. The van der Waals surface area contributed by atoms with Crippen LogP contribution in [0, 0.1) is 26.4 Å². The van der Waals surface area contributed by atoms with Crippen molar-refractivity contribution in [1.82, 2.24) is 4.90 Å². The second-order valence-corrected chi connectivity index (χ2v) is 7.16. The second kappa shape index (κ2) is 8.30. The van der Waals surface area contributed by atoms with Crippen molar-refractivity contribution in [3.63, 3.8) is 0 Å². The minimum atomic E-state index is -4.47. The van der Waals surface area contributed by atoms with E-state index in [4.69, 9.17) is 15.9 Å². The fraction of sp³-hybridized carbons (Fsp3) is 0.429. The van der Waals surface area contributed by atoms with Gasteiger partial charge in [-0.05, 0) is 61.9 Å². The normalized spacial score (nSPS) is 18.7. The predicted octanol–water partition coefficient (Wildman–Crippen LogP) is 4.09. The molecule has 0 saturated carbocycles. The summed E-state index contributed by atoms with van der Waals surface area (Å²) >= 11 is 0. The summed E-state index contributed by atoms with van der Waals surface area (Å²) in [6, 6.07) is 2.41. The number of ether oxygens (including phenoxy) is 3. The zero-order valence-corrected chi connectivity index (χ0v) is 16.5. The highest BCUT2D eigenvalue weighted by atomic mass is 19.4. The molecule has 2 heterocycles. The lowest BCUT2D eigenvalue weighted by Crippen LogP contribution is -2.40. The number of aryl methyl sites for hydroxylation is 2. The molecule has 0 bridgehead atoms. The maximum absolute atomic E-state index is 13.2. The largest absolute Gasteiger partial charge is 0.528 e. The number of carbonyl (C=O) groups is 2. The van der Waals surface area contributed by atoms with E-state index in [1.165, 1.54) is 12.1 Å². The summed E-state index contributed by atoms with van der Waals surface area (Å²) in [7, 11) is 0. The molecule has 1 aromatic carbocycles. The Kier molecular flexibility index (Phi) is 5.97. The van der Waals surface area contributed by atoms with E-state index >= 15 is 0 Å². The zero-order valence-electron chi connectivity index (χ0n) is 16.5. The number of benzene rings is 1. The third kappa shape index (κ3) is 4.37. The SMILES string of the molecule is C#COC(=O)OC1=C(c2c(C)cc(OCC(F)(F)F)cc2C)C(=O)N2CCCCC12. The Morgan fingerprint density at radius 1 is 1.27 bits per heavy atom. The Hall–Kier alpha value is -3.15. The quantitative estimate of drug-likeness (QED) is 0.539. The van der Waals surface area contributed by atoms with E-state index in [0.717, 1.165) is 12.8 Å². The van der Waals surface area contributed by atoms with Gasteiger partial charge in [0.25, 0.3) is 5.91 Å². The van der Waals surface area contributed by atoms with Crippen LogP contribution in [-0.2, 0) is 14.3 Å². The van der Waals surface area contributed by atoms with Crippen molar-refractivity contribution in [2.24, 2.45) is 0 Å². The van der Waals surface area contributed by atoms with Gasteiger partial charge in [0.2, 0.25) is 0 Å². The number of halogens is 3. The molecule has 0 aromatic heterocycles. The Balaban J connectivity index is 2.04. The number of piperidine rings is 1. The van der Waals surface area contributed by atoms with Crippen LogP contribution in [0.15, 0.2) is 17.9 Å². The molecule has 160 valence electrons. The highest BCUT2D eigenvalue weighted by Gasteiger charge is 2.44. The van der Waals surface area contributed by atoms with Crippen molar-refractivity contribution in [3.05, 3.63) is 34.6 Å². The Morgan fingerprint density at radius 2 is 1.93 bits per heavy atom. The van der Waals surface area contributed by atoms with Crippen LogP contribution in [0.25, 0.3) is 5.57 Å². The second-order valence-electron chi connectivity index (χ2n) is 7.16. The number of nitrogens with zero attached hydrogens (tertiary/aromatic N) is 1. The van der Waals surface area contributed by atoms with Crippen LogP contribution in [0.5, 0.6) is 5.75 Å². The molecule has 2 aliphatic rings. The molecule has 1 unspecified atom stereocenters. The van der Waals surface area contributed by atoms with E-state index in [0.29, 0.717) is 29.7 Å². The summed E-state index contributed by atoms with van der Waals surface area (Å²) in [6.45, 7) is 2.39. The van der Waals surface area contributed by atoms with Crippen molar-refractivity contribution in [3.8, 4) is 18.3 Å². The summed E-state index contributed by atoms with van der Waals surface area (Å²) < 4.78 is 52.0. The number of alkyl halides is 3. The van der Waals surface area contributed by atoms with Crippen LogP contribution in [0.1, 0.15) is 36.0 Å². The highest BCUT2D eigenvalue weighted by molar-refractivity contribution is 6.23. The van der Waals surface area contributed by atoms with Gasteiger partial charge in [-0.2, -0.15) is 13.2 Å². The standard InChI is InChI=1S/C21H20F3NO5/c1-4-28-20(27)30-18-15-7-5-6-8-25(15)19(26)17(18)16-12(2)9-14(10-13(16)3)29-11-21(22,23)24/h1,9-10,15H,5-8,11H2,2-3H3. The molecule has 9 heteroatoms. The molecule has 1 aromatic rings. The Labute approximate surface area is 171 Å². The first-order chi connectivity index (χ1) is 14.1. The van der Waals surface area contributed by atoms with Crippen molar-refractivity contribution >= 4 is 17.6 Å². The van der Waals surface area contributed by atoms with Crippen LogP contribution >= 0.6 is 0 Å². The van der Waals surface area contributed by atoms with Crippen LogP contribution in [0.4, 0.5) is 18.0 Å². The number of terminal acetylenes is 1. The summed E-state index contributed by atoms with van der Waals surface area (Å²) in [5.41, 5.74) is 1.70. The van der Waals surface area contributed by atoms with Crippen LogP contribution in [0.3, 0.4) is 0 Å². The average molecular weight is 423 g/mol. The van der Waals surface area contributed by atoms with Crippen LogP contribution < -0.4 is 4.74 Å². The van der Waals surface area contributed by atoms with Gasteiger partial charge in [-0.3, -0.25) is 4.79 Å². The van der Waals surface area contributed by atoms with E-state index < -0.39 is 25.0 Å². The topological polar surface area (TPSA) is 65.1 Å².